The average Bonchev–Trinajstić information content (AvgIpc) is 2.42. The van der Waals surface area contributed by atoms with Crippen LogP contribution in [0.2, 0.25) is 0 Å². The molecule has 0 spiro atoms. The van der Waals surface area contributed by atoms with Crippen LogP contribution in [0.4, 0.5) is 10.7 Å². The number of carbonyl (C=O) groups excluding carboxylic acids is 1. The minimum Gasteiger partial charge on any atom is -0.337 e. The van der Waals surface area contributed by atoms with E-state index < -0.39 is 11.6 Å². The lowest BCUT2D eigenvalue weighted by Crippen LogP contribution is -2.44. The summed E-state index contributed by atoms with van der Waals surface area (Å²) in [5, 5.41) is 14.7. The van der Waals surface area contributed by atoms with E-state index >= 15 is 0 Å². The summed E-state index contributed by atoms with van der Waals surface area (Å²) in [7, 11) is 0. The van der Waals surface area contributed by atoms with Crippen molar-refractivity contribution in [3.63, 3.8) is 0 Å². The van der Waals surface area contributed by atoms with Crippen molar-refractivity contribution in [1.29, 1.82) is 5.26 Å². The van der Waals surface area contributed by atoms with Gasteiger partial charge in [0, 0.05) is 24.2 Å². The van der Waals surface area contributed by atoms with E-state index in [2.05, 4.69) is 47.4 Å². The van der Waals surface area contributed by atoms with E-state index in [4.69, 9.17) is 0 Å². The van der Waals surface area contributed by atoms with Gasteiger partial charge in [-0.15, -0.1) is 0 Å². The Kier molecular flexibility index (Phi) is 4.97. The van der Waals surface area contributed by atoms with Gasteiger partial charge in [0.05, 0.1) is 6.07 Å². The Morgan fingerprint density at radius 3 is 2.79 bits per heavy atom. The van der Waals surface area contributed by atoms with Crippen LogP contribution in [-0.2, 0) is 0 Å². The lowest BCUT2D eigenvalue weighted by atomic mass is 9.61. The zero-order chi connectivity index (χ0) is 18.0. The number of carbonyl (C=O) groups is 1. The Morgan fingerprint density at radius 1 is 1.46 bits per heavy atom. The van der Waals surface area contributed by atoms with Gasteiger partial charge < -0.3 is 10.3 Å². The fraction of sp³-hybridized carbons (Fsp3) is 0.647. The zero-order valence-corrected chi connectivity index (χ0v) is 14.7. The lowest BCUT2D eigenvalue weighted by molar-refractivity contribution is 0.0753. The summed E-state index contributed by atoms with van der Waals surface area (Å²) in [6, 6.07) is 3.32. The van der Waals surface area contributed by atoms with Gasteiger partial charge in [0.2, 0.25) is 5.95 Å². The van der Waals surface area contributed by atoms with Gasteiger partial charge in [0.15, 0.2) is 0 Å². The van der Waals surface area contributed by atoms with Crippen LogP contribution in [0, 0.1) is 35.0 Å². The molecule has 2 rings (SSSR count). The van der Waals surface area contributed by atoms with Crippen molar-refractivity contribution in [3.05, 3.63) is 22.1 Å². The number of nitrogens with one attached hydrogen (secondary N) is 3. The Morgan fingerprint density at radius 2 is 2.17 bits per heavy atom. The fourth-order valence-electron chi connectivity index (χ4n) is 3.94. The topological polar surface area (TPSA) is 111 Å². The van der Waals surface area contributed by atoms with E-state index in [-0.39, 0.29) is 22.7 Å². The van der Waals surface area contributed by atoms with Gasteiger partial charge in [-0.3, -0.25) is 10.1 Å². The van der Waals surface area contributed by atoms with Crippen LogP contribution in [0.5, 0.6) is 0 Å². The normalized spacial score (nSPS) is 25.5. The van der Waals surface area contributed by atoms with Gasteiger partial charge in [-0.05, 0) is 37.0 Å². The number of rotatable bonds is 3. The number of aromatic nitrogens is 2. The third kappa shape index (κ3) is 4.82. The second-order valence-electron chi connectivity index (χ2n) is 7.94. The summed E-state index contributed by atoms with van der Waals surface area (Å²) in [6.45, 7) is 8.62. The predicted molar refractivity (Wildman–Crippen MR) is 91.5 cm³/mol. The third-order valence-corrected chi connectivity index (χ3v) is 4.41. The maximum absolute atomic E-state index is 12.1. The maximum atomic E-state index is 12.1. The summed E-state index contributed by atoms with van der Waals surface area (Å²) >= 11 is 0. The van der Waals surface area contributed by atoms with Crippen molar-refractivity contribution in [2.24, 2.45) is 16.7 Å². The highest BCUT2D eigenvalue weighted by atomic mass is 16.2. The highest BCUT2D eigenvalue weighted by Crippen LogP contribution is 2.48. The Labute approximate surface area is 141 Å². The molecule has 1 aromatic rings. The molecule has 1 aliphatic carbocycles. The van der Waals surface area contributed by atoms with Crippen molar-refractivity contribution in [1.82, 2.24) is 15.3 Å². The minimum atomic E-state index is -0.415. The Hall–Kier alpha value is -2.36. The van der Waals surface area contributed by atoms with E-state index in [0.29, 0.717) is 12.2 Å². The molecule has 7 nitrogen and oxygen atoms in total. The van der Waals surface area contributed by atoms with Crippen molar-refractivity contribution < 1.29 is 4.79 Å². The van der Waals surface area contributed by atoms with Crippen molar-refractivity contribution in [2.45, 2.75) is 47.0 Å². The monoisotopic (exact) mass is 331 g/mol. The SMILES string of the molecule is Cc1cc(=O)nc(NC(=O)NCC2(C)CC(C#N)CC(C)(C)C2)[nH]1. The molecule has 130 valence electrons. The van der Waals surface area contributed by atoms with E-state index in [1.54, 1.807) is 6.92 Å². The van der Waals surface area contributed by atoms with Gasteiger partial charge in [-0.25, -0.2) is 4.79 Å². The van der Waals surface area contributed by atoms with Gasteiger partial charge in [0.1, 0.15) is 0 Å². The van der Waals surface area contributed by atoms with Crippen LogP contribution in [-0.4, -0.2) is 22.5 Å². The van der Waals surface area contributed by atoms with Gasteiger partial charge >= 0.3 is 6.03 Å². The number of anilines is 1. The first-order valence-electron chi connectivity index (χ1n) is 8.13. The first-order chi connectivity index (χ1) is 11.1. The summed E-state index contributed by atoms with van der Waals surface area (Å²) in [6.07, 6.45) is 2.60. The van der Waals surface area contributed by atoms with E-state index in [1.165, 1.54) is 6.07 Å². The molecule has 1 heterocycles. The van der Waals surface area contributed by atoms with Crippen molar-refractivity contribution in [2.75, 3.05) is 11.9 Å². The number of amides is 2. The van der Waals surface area contributed by atoms with E-state index in [9.17, 15) is 14.9 Å². The number of hydrogen-bond acceptors (Lipinski definition) is 4. The molecule has 2 atom stereocenters. The number of nitrogens with zero attached hydrogens (tertiary/aromatic N) is 2. The average molecular weight is 331 g/mol. The molecule has 3 N–H and O–H groups in total. The number of aryl methyl sites for hydroxylation is 1. The molecule has 1 aliphatic rings. The van der Waals surface area contributed by atoms with Crippen LogP contribution in [0.25, 0.3) is 0 Å². The molecule has 24 heavy (non-hydrogen) atoms. The highest BCUT2D eigenvalue weighted by Gasteiger charge is 2.41. The van der Waals surface area contributed by atoms with Crippen LogP contribution in [0.15, 0.2) is 10.9 Å². The largest absolute Gasteiger partial charge is 0.337 e. The van der Waals surface area contributed by atoms with Gasteiger partial charge in [-0.1, -0.05) is 20.8 Å². The standard InChI is InChI=1S/C17H25N5O2/c1-11-5-13(23)21-14(20-11)22-15(24)19-10-17(4)7-12(8-18)6-16(2,3)9-17/h5,12H,6-7,9-10H2,1-4H3,(H3,19,20,21,22,23,24). The van der Waals surface area contributed by atoms with E-state index in [1.807, 2.05) is 0 Å². The molecule has 0 aliphatic heterocycles. The third-order valence-electron chi connectivity index (χ3n) is 4.41. The minimum absolute atomic E-state index is 0.0124. The smallest absolute Gasteiger partial charge is 0.321 e. The van der Waals surface area contributed by atoms with Crippen molar-refractivity contribution in [3.8, 4) is 6.07 Å². The molecule has 1 aromatic heterocycles. The van der Waals surface area contributed by atoms with Crippen LogP contribution in [0.3, 0.4) is 0 Å². The Balaban J connectivity index is 1.97. The molecule has 1 saturated carbocycles. The number of H-pyrrole nitrogens is 1. The first kappa shape index (κ1) is 18.0. The molecule has 0 bridgehead atoms. The van der Waals surface area contributed by atoms with Gasteiger partial charge in [-0.2, -0.15) is 10.2 Å². The second-order valence-corrected chi connectivity index (χ2v) is 7.94. The summed E-state index contributed by atoms with van der Waals surface area (Å²) in [5.41, 5.74) is 0.171. The number of hydrogen-bond donors (Lipinski definition) is 3. The second kappa shape index (κ2) is 6.63. The first-order valence-corrected chi connectivity index (χ1v) is 8.13. The van der Waals surface area contributed by atoms with Crippen molar-refractivity contribution >= 4 is 12.0 Å². The molecule has 0 aromatic carbocycles. The van der Waals surface area contributed by atoms with E-state index in [0.717, 1.165) is 19.3 Å². The molecule has 2 unspecified atom stereocenters. The molecule has 1 fully saturated rings. The zero-order valence-electron chi connectivity index (χ0n) is 14.7. The predicted octanol–water partition coefficient (Wildman–Crippen LogP) is 2.56. The highest BCUT2D eigenvalue weighted by molar-refractivity contribution is 5.87. The quantitative estimate of drug-likeness (QED) is 0.790. The number of aromatic amines is 1. The molecule has 2 amide bonds. The molecule has 7 heteroatoms. The summed E-state index contributed by atoms with van der Waals surface area (Å²) < 4.78 is 0. The van der Waals surface area contributed by atoms with Crippen LogP contribution >= 0.6 is 0 Å². The number of nitriles is 1. The fourth-order valence-corrected chi connectivity index (χ4v) is 3.94. The summed E-state index contributed by atoms with van der Waals surface area (Å²) in [4.78, 5) is 30.0. The Bertz CT molecular complexity index is 718. The summed E-state index contributed by atoms with van der Waals surface area (Å²) in [5.74, 6) is 0.139. The van der Waals surface area contributed by atoms with Crippen LogP contribution in [0.1, 0.15) is 45.7 Å². The molecular formula is C17H25N5O2. The number of urea groups is 1. The lowest BCUT2D eigenvalue weighted by Gasteiger charge is -2.44. The van der Waals surface area contributed by atoms with Gasteiger partial charge in [0.25, 0.3) is 5.56 Å². The molecular weight excluding hydrogens is 306 g/mol. The maximum Gasteiger partial charge on any atom is 0.321 e. The molecule has 0 saturated heterocycles. The van der Waals surface area contributed by atoms with Crippen LogP contribution < -0.4 is 16.2 Å². The molecule has 0 radical (unpaired) electrons.